The van der Waals surface area contributed by atoms with E-state index in [1.807, 2.05) is 19.9 Å². The van der Waals surface area contributed by atoms with Gasteiger partial charge in [-0.05, 0) is 50.4 Å². The molecule has 0 aromatic heterocycles. The summed E-state index contributed by atoms with van der Waals surface area (Å²) in [6.07, 6.45) is 6.07. The number of esters is 1. The van der Waals surface area contributed by atoms with Crippen molar-refractivity contribution in [2.75, 3.05) is 7.11 Å². The highest BCUT2D eigenvalue weighted by Gasteiger charge is 2.41. The maximum Gasteiger partial charge on any atom is 0.308 e. The van der Waals surface area contributed by atoms with E-state index >= 15 is 0 Å². The van der Waals surface area contributed by atoms with Gasteiger partial charge in [0, 0.05) is 0 Å². The van der Waals surface area contributed by atoms with Crippen molar-refractivity contribution >= 4 is 5.97 Å². The number of ether oxygens (including phenoxy) is 1. The molecule has 5 atom stereocenters. The quantitative estimate of drug-likeness (QED) is 0.617. The Morgan fingerprint density at radius 2 is 2.16 bits per heavy atom. The highest BCUT2D eigenvalue weighted by molar-refractivity contribution is 5.72. The maximum absolute atomic E-state index is 11.8. The number of rotatable bonds is 2. The average Bonchev–Trinajstić information content (AvgIpc) is 2.36. The number of allylic oxidation sites excluding steroid dienone is 1. The van der Waals surface area contributed by atoms with Crippen LogP contribution in [-0.2, 0) is 9.53 Å². The molecule has 3 heteroatoms. The lowest BCUT2D eigenvalue weighted by atomic mass is 9.62. The predicted molar refractivity (Wildman–Crippen MR) is 74.5 cm³/mol. The minimum atomic E-state index is -0.711. The lowest BCUT2D eigenvalue weighted by Gasteiger charge is -2.44. The molecule has 0 aromatic carbocycles. The predicted octanol–water partition coefficient (Wildman–Crippen LogP) is 2.93. The lowest BCUT2D eigenvalue weighted by molar-refractivity contribution is -0.146. The summed E-state index contributed by atoms with van der Waals surface area (Å²) >= 11 is 0. The van der Waals surface area contributed by atoms with Gasteiger partial charge in [-0.1, -0.05) is 25.5 Å². The third kappa shape index (κ3) is 2.86. The van der Waals surface area contributed by atoms with Crippen molar-refractivity contribution in [1.29, 1.82) is 0 Å². The first-order valence-electron chi connectivity index (χ1n) is 7.38. The van der Waals surface area contributed by atoms with Crippen LogP contribution in [0.25, 0.3) is 0 Å². The average molecular weight is 266 g/mol. The summed E-state index contributed by atoms with van der Waals surface area (Å²) in [5.74, 6) is 1.18. The minimum Gasteiger partial charge on any atom is -0.469 e. The first-order chi connectivity index (χ1) is 8.85. The van der Waals surface area contributed by atoms with Crippen LogP contribution in [0.2, 0.25) is 0 Å². The smallest absolute Gasteiger partial charge is 0.308 e. The van der Waals surface area contributed by atoms with Crippen molar-refractivity contribution < 1.29 is 14.6 Å². The Morgan fingerprint density at radius 3 is 2.79 bits per heavy atom. The zero-order valence-corrected chi connectivity index (χ0v) is 12.5. The van der Waals surface area contributed by atoms with E-state index in [-0.39, 0.29) is 17.8 Å². The van der Waals surface area contributed by atoms with Crippen LogP contribution in [-0.4, -0.2) is 23.8 Å². The fourth-order valence-corrected chi connectivity index (χ4v) is 3.85. The van der Waals surface area contributed by atoms with E-state index < -0.39 is 5.60 Å². The number of fused-ring (bicyclic) bond motifs is 1. The van der Waals surface area contributed by atoms with Gasteiger partial charge in [-0.15, -0.1) is 0 Å². The Morgan fingerprint density at radius 1 is 1.47 bits per heavy atom. The van der Waals surface area contributed by atoms with Crippen LogP contribution in [0.15, 0.2) is 11.6 Å². The first-order valence-corrected chi connectivity index (χ1v) is 7.38. The van der Waals surface area contributed by atoms with Crippen LogP contribution in [0, 0.1) is 23.7 Å². The zero-order valence-electron chi connectivity index (χ0n) is 12.5. The van der Waals surface area contributed by atoms with Crippen LogP contribution in [0.1, 0.15) is 46.5 Å². The fourth-order valence-electron chi connectivity index (χ4n) is 3.85. The topological polar surface area (TPSA) is 46.5 Å². The molecule has 2 aliphatic carbocycles. The third-order valence-corrected chi connectivity index (χ3v) is 5.09. The van der Waals surface area contributed by atoms with Gasteiger partial charge >= 0.3 is 5.97 Å². The molecular weight excluding hydrogens is 240 g/mol. The summed E-state index contributed by atoms with van der Waals surface area (Å²) in [7, 11) is 1.45. The molecule has 1 saturated carbocycles. The fraction of sp³-hybridized carbons (Fsp3) is 0.812. The highest BCUT2D eigenvalue weighted by atomic mass is 16.5. The number of carbonyl (C=O) groups excluding carboxylic acids is 1. The van der Waals surface area contributed by atoms with Crippen molar-refractivity contribution in [2.45, 2.75) is 52.1 Å². The number of hydrogen-bond acceptors (Lipinski definition) is 3. The van der Waals surface area contributed by atoms with Crippen molar-refractivity contribution in [2.24, 2.45) is 23.7 Å². The molecule has 0 radical (unpaired) electrons. The molecule has 1 fully saturated rings. The summed E-state index contributed by atoms with van der Waals surface area (Å²) < 4.78 is 4.90. The van der Waals surface area contributed by atoms with Crippen molar-refractivity contribution in [3.63, 3.8) is 0 Å². The van der Waals surface area contributed by atoms with Crippen molar-refractivity contribution in [3.05, 3.63) is 11.6 Å². The van der Waals surface area contributed by atoms with E-state index in [1.54, 1.807) is 0 Å². The summed E-state index contributed by atoms with van der Waals surface area (Å²) in [6.45, 7) is 6.11. The molecule has 1 N–H and O–H groups in total. The van der Waals surface area contributed by atoms with Crippen molar-refractivity contribution in [3.8, 4) is 0 Å². The van der Waals surface area contributed by atoms with Crippen LogP contribution < -0.4 is 0 Å². The largest absolute Gasteiger partial charge is 0.469 e. The molecule has 108 valence electrons. The molecule has 0 bridgehead atoms. The number of carbonyl (C=O) groups is 1. The van der Waals surface area contributed by atoms with Gasteiger partial charge in [0.05, 0.1) is 18.6 Å². The van der Waals surface area contributed by atoms with Gasteiger partial charge in [-0.25, -0.2) is 0 Å². The monoisotopic (exact) mass is 266 g/mol. The third-order valence-electron chi connectivity index (χ3n) is 5.09. The Balaban J connectivity index is 2.29. The Kier molecular flexibility index (Phi) is 4.05. The minimum absolute atomic E-state index is 0.111. The van der Waals surface area contributed by atoms with Crippen LogP contribution >= 0.6 is 0 Å². The molecule has 0 spiro atoms. The van der Waals surface area contributed by atoms with Crippen molar-refractivity contribution in [1.82, 2.24) is 0 Å². The molecule has 3 nitrogen and oxygen atoms in total. The number of aliphatic hydroxyl groups is 1. The highest BCUT2D eigenvalue weighted by Crippen LogP contribution is 2.48. The molecule has 19 heavy (non-hydrogen) atoms. The molecule has 0 aliphatic heterocycles. The second-order valence-corrected chi connectivity index (χ2v) is 6.62. The number of methoxy groups -OCH3 is 1. The SMILES string of the molecule is COC(=O)[C@H](C)[C@@H]1CC[C@@H](C)[C@@H]2CC[C@](C)(O)C=C21. The molecule has 0 saturated heterocycles. The summed E-state index contributed by atoms with van der Waals surface area (Å²) in [5, 5.41) is 10.3. The summed E-state index contributed by atoms with van der Waals surface area (Å²) in [4.78, 5) is 11.8. The normalized spacial score (nSPS) is 40.1. The van der Waals surface area contributed by atoms with Gasteiger partial charge in [-0.3, -0.25) is 4.79 Å². The standard InChI is InChI=1S/C16H26O3/c1-10-5-6-13(11(2)15(17)19-4)14-9-16(3,18)8-7-12(10)14/h9-13,18H,5-8H2,1-4H3/t10-,11-,12+,13+,16+/m1/s1. The number of hydrogen-bond donors (Lipinski definition) is 1. The molecule has 2 aliphatic rings. The van der Waals surface area contributed by atoms with Crippen LogP contribution in [0.5, 0.6) is 0 Å². The molecular formula is C16H26O3. The second-order valence-electron chi connectivity index (χ2n) is 6.62. The molecule has 0 heterocycles. The zero-order chi connectivity index (χ0) is 14.2. The van der Waals surface area contributed by atoms with Gasteiger partial charge in [0.15, 0.2) is 0 Å². The Labute approximate surface area is 116 Å². The first kappa shape index (κ1) is 14.6. The van der Waals surface area contributed by atoms with Gasteiger partial charge in [0.2, 0.25) is 0 Å². The molecule has 0 aromatic rings. The Bertz CT molecular complexity index is 383. The van der Waals surface area contributed by atoms with Gasteiger partial charge < -0.3 is 9.84 Å². The molecule has 0 unspecified atom stereocenters. The van der Waals surface area contributed by atoms with E-state index in [9.17, 15) is 9.90 Å². The van der Waals surface area contributed by atoms with Crippen LogP contribution in [0.3, 0.4) is 0 Å². The van der Waals surface area contributed by atoms with E-state index in [4.69, 9.17) is 4.74 Å². The Hall–Kier alpha value is -0.830. The molecule has 2 rings (SSSR count). The van der Waals surface area contributed by atoms with Crippen LogP contribution in [0.4, 0.5) is 0 Å². The second kappa shape index (κ2) is 5.28. The van der Waals surface area contributed by atoms with Gasteiger partial charge in [0.1, 0.15) is 0 Å². The van der Waals surface area contributed by atoms with E-state index in [0.29, 0.717) is 11.8 Å². The van der Waals surface area contributed by atoms with Gasteiger partial charge in [-0.2, -0.15) is 0 Å². The maximum atomic E-state index is 11.8. The summed E-state index contributed by atoms with van der Waals surface area (Å²) in [6, 6.07) is 0. The lowest BCUT2D eigenvalue weighted by Crippen LogP contribution is -2.39. The van der Waals surface area contributed by atoms with E-state index in [2.05, 4.69) is 6.92 Å². The van der Waals surface area contributed by atoms with E-state index in [1.165, 1.54) is 12.7 Å². The van der Waals surface area contributed by atoms with Gasteiger partial charge in [0.25, 0.3) is 0 Å². The van der Waals surface area contributed by atoms with E-state index in [0.717, 1.165) is 25.7 Å². The molecule has 0 amide bonds. The summed E-state index contributed by atoms with van der Waals surface area (Å²) in [5.41, 5.74) is 0.588.